The summed E-state index contributed by atoms with van der Waals surface area (Å²) in [5.74, 6) is -0.779. The van der Waals surface area contributed by atoms with E-state index in [1.54, 1.807) is 31.2 Å². The number of hydrogen-bond donors (Lipinski definition) is 1. The van der Waals surface area contributed by atoms with Gasteiger partial charge < -0.3 is 5.11 Å². The largest absolute Gasteiger partial charge is 0.396 e. The fourth-order valence-electron chi connectivity index (χ4n) is 2.49. The Morgan fingerprint density at radius 2 is 1.83 bits per heavy atom. The molecule has 1 atom stereocenters. The molecule has 0 aliphatic heterocycles. The van der Waals surface area contributed by atoms with Crippen LogP contribution in [0.15, 0.2) is 53.4 Å². The Morgan fingerprint density at radius 3 is 2.43 bits per heavy atom. The quantitative estimate of drug-likeness (QED) is 0.882. The van der Waals surface area contributed by atoms with Crippen LogP contribution in [0.1, 0.15) is 23.6 Å². The number of rotatable bonds is 6. The Bertz CT molecular complexity index is 763. The summed E-state index contributed by atoms with van der Waals surface area (Å²) in [7, 11) is -2.61. The molecule has 23 heavy (non-hydrogen) atoms. The highest BCUT2D eigenvalue weighted by molar-refractivity contribution is 7.89. The molecule has 6 heteroatoms. The molecule has 0 saturated heterocycles. The number of aliphatic hydroxyl groups is 1. The van der Waals surface area contributed by atoms with E-state index in [2.05, 4.69) is 0 Å². The third kappa shape index (κ3) is 3.77. The Morgan fingerprint density at radius 1 is 1.17 bits per heavy atom. The molecule has 0 heterocycles. The third-order valence-electron chi connectivity index (χ3n) is 3.77. The van der Waals surface area contributed by atoms with Gasteiger partial charge in [0.05, 0.1) is 6.04 Å². The minimum absolute atomic E-state index is 0.171. The van der Waals surface area contributed by atoms with Crippen LogP contribution in [0.5, 0.6) is 0 Å². The lowest BCUT2D eigenvalue weighted by molar-refractivity contribution is 0.240. The fourth-order valence-corrected chi connectivity index (χ4v) is 4.01. The number of halogens is 1. The van der Waals surface area contributed by atoms with E-state index in [0.717, 1.165) is 15.9 Å². The zero-order valence-corrected chi connectivity index (χ0v) is 13.9. The van der Waals surface area contributed by atoms with E-state index in [1.165, 1.54) is 19.2 Å². The van der Waals surface area contributed by atoms with Crippen molar-refractivity contribution < 1.29 is 17.9 Å². The summed E-state index contributed by atoms with van der Waals surface area (Å²) in [5.41, 5.74) is 1.41. The molecule has 0 aliphatic rings. The van der Waals surface area contributed by atoms with Gasteiger partial charge in [0.25, 0.3) is 0 Å². The molecule has 0 aliphatic carbocycles. The first-order chi connectivity index (χ1) is 10.9. The molecule has 0 spiro atoms. The van der Waals surface area contributed by atoms with Crippen LogP contribution in [0.3, 0.4) is 0 Å². The predicted octanol–water partition coefficient (Wildman–Crippen LogP) is 2.88. The number of benzene rings is 2. The Hall–Kier alpha value is -1.76. The van der Waals surface area contributed by atoms with Crippen LogP contribution < -0.4 is 0 Å². The van der Waals surface area contributed by atoms with Gasteiger partial charge in [-0.25, -0.2) is 12.8 Å². The molecule has 0 radical (unpaired) electrons. The van der Waals surface area contributed by atoms with E-state index in [9.17, 15) is 17.9 Å². The van der Waals surface area contributed by atoms with E-state index in [1.807, 2.05) is 6.07 Å². The number of hydrogen-bond acceptors (Lipinski definition) is 3. The molecule has 4 nitrogen and oxygen atoms in total. The standard InChI is InChI=1S/C17H20FNO3S/c1-13-8-9-15(18)17(12-13)23(21,22)19(2)16(10-11-20)14-6-4-3-5-7-14/h3-9,12,16,20H,10-11H2,1-2H3. The molecular weight excluding hydrogens is 317 g/mol. The summed E-state index contributed by atoms with van der Waals surface area (Å²) in [6.45, 7) is 1.54. The van der Waals surface area contributed by atoms with Crippen molar-refractivity contribution in [3.63, 3.8) is 0 Å². The topological polar surface area (TPSA) is 57.6 Å². The summed E-state index contributed by atoms with van der Waals surface area (Å²) < 4.78 is 40.7. The highest BCUT2D eigenvalue weighted by Crippen LogP contribution is 2.29. The van der Waals surface area contributed by atoms with Gasteiger partial charge in [-0.3, -0.25) is 0 Å². The maximum atomic E-state index is 14.0. The molecule has 2 aromatic carbocycles. The molecule has 0 amide bonds. The minimum atomic E-state index is -4.01. The molecule has 0 aromatic heterocycles. The fraction of sp³-hybridized carbons (Fsp3) is 0.294. The molecule has 0 fully saturated rings. The molecule has 0 bridgehead atoms. The first-order valence-corrected chi connectivity index (χ1v) is 8.72. The summed E-state index contributed by atoms with van der Waals surface area (Å²) in [6.07, 6.45) is 0.229. The monoisotopic (exact) mass is 337 g/mol. The minimum Gasteiger partial charge on any atom is -0.396 e. The van der Waals surface area contributed by atoms with Crippen LogP contribution in [0.2, 0.25) is 0 Å². The second kappa shape index (κ2) is 7.21. The van der Waals surface area contributed by atoms with Crippen molar-refractivity contribution in [1.82, 2.24) is 4.31 Å². The second-order valence-electron chi connectivity index (χ2n) is 5.39. The second-order valence-corrected chi connectivity index (χ2v) is 7.36. The van der Waals surface area contributed by atoms with Crippen LogP contribution >= 0.6 is 0 Å². The van der Waals surface area contributed by atoms with Crippen molar-refractivity contribution in [1.29, 1.82) is 0 Å². The molecule has 1 unspecified atom stereocenters. The summed E-state index contributed by atoms with van der Waals surface area (Å²) >= 11 is 0. The maximum absolute atomic E-state index is 14.0. The molecular formula is C17H20FNO3S. The zero-order chi connectivity index (χ0) is 17.0. The zero-order valence-electron chi connectivity index (χ0n) is 13.1. The number of aryl methyl sites for hydroxylation is 1. The number of sulfonamides is 1. The van der Waals surface area contributed by atoms with Crippen molar-refractivity contribution >= 4 is 10.0 Å². The lowest BCUT2D eigenvalue weighted by Gasteiger charge is -2.27. The van der Waals surface area contributed by atoms with Crippen molar-refractivity contribution in [2.45, 2.75) is 24.3 Å². The van der Waals surface area contributed by atoms with Crippen molar-refractivity contribution in [3.8, 4) is 0 Å². The Labute approximate surface area is 136 Å². The molecule has 1 N–H and O–H groups in total. The number of nitrogens with zero attached hydrogens (tertiary/aromatic N) is 1. The van der Waals surface area contributed by atoms with Gasteiger partial charge in [0, 0.05) is 13.7 Å². The summed E-state index contributed by atoms with van der Waals surface area (Å²) in [4.78, 5) is -0.348. The first kappa shape index (κ1) is 17.6. The van der Waals surface area contributed by atoms with Crippen molar-refractivity contribution in [2.75, 3.05) is 13.7 Å². The maximum Gasteiger partial charge on any atom is 0.246 e. The molecule has 2 aromatic rings. The predicted molar refractivity (Wildman–Crippen MR) is 87.0 cm³/mol. The van der Waals surface area contributed by atoms with Gasteiger partial charge in [-0.15, -0.1) is 0 Å². The van der Waals surface area contributed by atoms with Gasteiger partial charge in [0.15, 0.2) is 0 Å². The van der Waals surface area contributed by atoms with Gasteiger partial charge in [-0.2, -0.15) is 4.31 Å². The highest BCUT2D eigenvalue weighted by atomic mass is 32.2. The van der Waals surface area contributed by atoms with E-state index in [-0.39, 0.29) is 17.9 Å². The van der Waals surface area contributed by atoms with Crippen LogP contribution in [0, 0.1) is 12.7 Å². The Kier molecular flexibility index (Phi) is 5.51. The van der Waals surface area contributed by atoms with Crippen LogP contribution in [0.4, 0.5) is 4.39 Å². The molecule has 0 saturated carbocycles. The molecule has 124 valence electrons. The van der Waals surface area contributed by atoms with Crippen molar-refractivity contribution in [3.05, 3.63) is 65.5 Å². The third-order valence-corrected chi connectivity index (χ3v) is 5.65. The van der Waals surface area contributed by atoms with E-state index in [4.69, 9.17) is 0 Å². The van der Waals surface area contributed by atoms with Crippen molar-refractivity contribution in [2.24, 2.45) is 0 Å². The van der Waals surface area contributed by atoms with E-state index >= 15 is 0 Å². The smallest absolute Gasteiger partial charge is 0.246 e. The van der Waals surface area contributed by atoms with Gasteiger partial charge in [-0.05, 0) is 36.6 Å². The van der Waals surface area contributed by atoms with Crippen LogP contribution in [-0.2, 0) is 10.0 Å². The van der Waals surface area contributed by atoms with E-state index in [0.29, 0.717) is 5.56 Å². The van der Waals surface area contributed by atoms with Gasteiger partial charge in [0.1, 0.15) is 10.7 Å². The van der Waals surface area contributed by atoms with Crippen LogP contribution in [0.25, 0.3) is 0 Å². The Balaban J connectivity index is 2.46. The normalized spacial score (nSPS) is 13.3. The average molecular weight is 337 g/mol. The lowest BCUT2D eigenvalue weighted by Crippen LogP contribution is -2.32. The molecule has 2 rings (SSSR count). The van der Waals surface area contributed by atoms with Gasteiger partial charge in [0.2, 0.25) is 10.0 Å². The van der Waals surface area contributed by atoms with E-state index < -0.39 is 21.9 Å². The lowest BCUT2D eigenvalue weighted by atomic mass is 10.0. The summed E-state index contributed by atoms with van der Waals surface area (Å²) in [6, 6.07) is 12.4. The number of aliphatic hydroxyl groups excluding tert-OH is 1. The summed E-state index contributed by atoms with van der Waals surface area (Å²) in [5, 5.41) is 9.29. The average Bonchev–Trinajstić information content (AvgIpc) is 2.55. The van der Waals surface area contributed by atoms with Gasteiger partial charge in [-0.1, -0.05) is 36.4 Å². The van der Waals surface area contributed by atoms with Gasteiger partial charge >= 0.3 is 0 Å². The SMILES string of the molecule is Cc1ccc(F)c(S(=O)(=O)N(C)C(CCO)c2ccccc2)c1. The highest BCUT2D eigenvalue weighted by Gasteiger charge is 2.31. The van der Waals surface area contributed by atoms with Crippen LogP contribution in [-0.4, -0.2) is 31.5 Å². The first-order valence-electron chi connectivity index (χ1n) is 7.28.